The molecule has 27 heavy (non-hydrogen) atoms. The molecule has 1 aromatic heterocycles. The number of sulfone groups is 1. The molecule has 3 aromatic rings. The maximum absolute atomic E-state index is 13.6. The molecule has 0 atom stereocenters. The first-order valence-corrected chi connectivity index (χ1v) is 9.54. The number of benzene rings is 2. The van der Waals surface area contributed by atoms with Crippen molar-refractivity contribution in [1.29, 1.82) is 0 Å². The monoisotopic (exact) mass is 389 g/mol. The highest BCUT2D eigenvalue weighted by Crippen LogP contribution is 2.21. The van der Waals surface area contributed by atoms with E-state index in [0.29, 0.717) is 16.9 Å². The minimum Gasteiger partial charge on any atom is -0.322 e. The summed E-state index contributed by atoms with van der Waals surface area (Å²) in [6, 6.07) is 12.3. The van der Waals surface area contributed by atoms with Crippen molar-refractivity contribution in [2.24, 2.45) is 0 Å². The molecular weight excluding hydrogens is 376 g/mol. The number of amides is 1. The van der Waals surface area contributed by atoms with Crippen LogP contribution < -0.4 is 5.32 Å². The minimum absolute atomic E-state index is 0.137. The third kappa shape index (κ3) is 4.14. The third-order valence-electron chi connectivity index (χ3n) is 3.65. The number of anilines is 1. The summed E-state index contributed by atoms with van der Waals surface area (Å²) in [5.74, 6) is -2.81. The van der Waals surface area contributed by atoms with E-state index in [2.05, 4.69) is 15.5 Å². The smallest absolute Gasteiger partial charge is 0.261 e. The highest BCUT2D eigenvalue weighted by atomic mass is 32.2. The molecular formula is C18H13F2N3O3S. The Labute approximate surface area is 153 Å². The molecule has 0 bridgehead atoms. The Morgan fingerprint density at radius 3 is 2.07 bits per heavy atom. The van der Waals surface area contributed by atoms with Gasteiger partial charge in [0.15, 0.2) is 14.9 Å². The number of hydrogen-bond acceptors (Lipinski definition) is 5. The summed E-state index contributed by atoms with van der Waals surface area (Å²) in [5, 5.41) is 9.80. The zero-order valence-corrected chi connectivity index (χ0v) is 14.8. The van der Waals surface area contributed by atoms with Gasteiger partial charge in [0, 0.05) is 17.5 Å². The number of carbonyl (C=O) groups excluding carboxylic acids is 1. The Kier molecular flexibility index (Phi) is 4.95. The lowest BCUT2D eigenvalue weighted by atomic mass is 10.1. The second kappa shape index (κ2) is 7.20. The van der Waals surface area contributed by atoms with Crippen LogP contribution in [0.2, 0.25) is 0 Å². The van der Waals surface area contributed by atoms with Crippen molar-refractivity contribution in [3.05, 3.63) is 71.8 Å². The Morgan fingerprint density at radius 2 is 1.56 bits per heavy atom. The van der Waals surface area contributed by atoms with Crippen LogP contribution in [0.5, 0.6) is 0 Å². The number of hydrogen-bond donors (Lipinski definition) is 1. The molecule has 1 amide bonds. The molecule has 138 valence electrons. The standard InChI is InChI=1S/C18H13F2N3O3S/c1-27(25,26)16-10-9-15(22-23-16)11-5-7-12(8-6-11)21-18(24)17-13(19)3-2-4-14(17)20/h2-10H,1H3,(H,21,24). The molecule has 0 saturated heterocycles. The molecule has 0 fully saturated rings. The lowest BCUT2D eigenvalue weighted by Crippen LogP contribution is -2.15. The summed E-state index contributed by atoms with van der Waals surface area (Å²) in [7, 11) is -3.44. The van der Waals surface area contributed by atoms with Gasteiger partial charge in [-0.3, -0.25) is 4.79 Å². The van der Waals surface area contributed by atoms with Crippen molar-refractivity contribution in [2.75, 3.05) is 11.6 Å². The fourth-order valence-electron chi connectivity index (χ4n) is 2.30. The predicted octanol–water partition coefficient (Wildman–Crippen LogP) is 3.08. The quantitative estimate of drug-likeness (QED) is 0.741. The highest BCUT2D eigenvalue weighted by Gasteiger charge is 2.17. The van der Waals surface area contributed by atoms with Crippen molar-refractivity contribution in [3.8, 4) is 11.3 Å². The normalized spacial score (nSPS) is 11.2. The van der Waals surface area contributed by atoms with Gasteiger partial charge in [-0.15, -0.1) is 10.2 Å². The number of rotatable bonds is 4. The van der Waals surface area contributed by atoms with Crippen LogP contribution in [0, 0.1) is 11.6 Å². The van der Waals surface area contributed by atoms with Gasteiger partial charge >= 0.3 is 0 Å². The van der Waals surface area contributed by atoms with Gasteiger partial charge in [-0.25, -0.2) is 17.2 Å². The summed E-state index contributed by atoms with van der Waals surface area (Å²) in [4.78, 5) is 12.1. The Morgan fingerprint density at radius 1 is 0.926 bits per heavy atom. The van der Waals surface area contributed by atoms with E-state index in [4.69, 9.17) is 0 Å². The molecule has 9 heteroatoms. The van der Waals surface area contributed by atoms with E-state index < -0.39 is 32.9 Å². The number of aromatic nitrogens is 2. The SMILES string of the molecule is CS(=O)(=O)c1ccc(-c2ccc(NC(=O)c3c(F)cccc3F)cc2)nn1. The molecule has 2 aromatic carbocycles. The van der Waals surface area contributed by atoms with Crippen molar-refractivity contribution in [3.63, 3.8) is 0 Å². The van der Waals surface area contributed by atoms with E-state index in [0.717, 1.165) is 18.4 Å². The summed E-state index contributed by atoms with van der Waals surface area (Å²) in [5.41, 5.74) is 0.717. The van der Waals surface area contributed by atoms with Gasteiger partial charge in [-0.1, -0.05) is 18.2 Å². The van der Waals surface area contributed by atoms with Gasteiger partial charge in [-0.2, -0.15) is 0 Å². The van der Waals surface area contributed by atoms with E-state index in [9.17, 15) is 22.0 Å². The van der Waals surface area contributed by atoms with Gasteiger partial charge < -0.3 is 5.32 Å². The van der Waals surface area contributed by atoms with Crippen molar-refractivity contribution in [1.82, 2.24) is 10.2 Å². The summed E-state index contributed by atoms with van der Waals surface area (Å²) >= 11 is 0. The van der Waals surface area contributed by atoms with Gasteiger partial charge in [0.1, 0.15) is 17.2 Å². The zero-order chi connectivity index (χ0) is 19.6. The molecule has 0 unspecified atom stereocenters. The Hall–Kier alpha value is -3.20. The molecule has 0 radical (unpaired) electrons. The van der Waals surface area contributed by atoms with E-state index in [1.165, 1.54) is 30.3 Å². The van der Waals surface area contributed by atoms with Crippen LogP contribution in [0.15, 0.2) is 59.6 Å². The molecule has 6 nitrogen and oxygen atoms in total. The summed E-state index contributed by atoms with van der Waals surface area (Å²) in [6.07, 6.45) is 1.03. The Bertz CT molecular complexity index is 1080. The lowest BCUT2D eigenvalue weighted by molar-refractivity contribution is 0.101. The highest BCUT2D eigenvalue weighted by molar-refractivity contribution is 7.90. The maximum Gasteiger partial charge on any atom is 0.261 e. The van der Waals surface area contributed by atoms with E-state index in [1.54, 1.807) is 12.1 Å². The fourth-order valence-corrected chi connectivity index (χ4v) is 2.81. The summed E-state index contributed by atoms with van der Waals surface area (Å²) in [6.45, 7) is 0. The first kappa shape index (κ1) is 18.6. The van der Waals surface area contributed by atoms with E-state index in [-0.39, 0.29) is 5.03 Å². The predicted molar refractivity (Wildman–Crippen MR) is 94.9 cm³/mol. The third-order valence-corrected chi connectivity index (χ3v) is 4.63. The van der Waals surface area contributed by atoms with Crippen molar-refractivity contribution in [2.45, 2.75) is 5.03 Å². The molecule has 0 aliphatic carbocycles. The number of halogens is 2. The van der Waals surface area contributed by atoms with Crippen LogP contribution in [0.4, 0.5) is 14.5 Å². The number of nitrogens with one attached hydrogen (secondary N) is 1. The Balaban J connectivity index is 1.79. The van der Waals surface area contributed by atoms with Crippen LogP contribution in [0.3, 0.4) is 0 Å². The first-order chi connectivity index (χ1) is 12.8. The van der Waals surface area contributed by atoms with Crippen molar-refractivity contribution >= 4 is 21.4 Å². The van der Waals surface area contributed by atoms with Crippen molar-refractivity contribution < 1.29 is 22.0 Å². The average molecular weight is 389 g/mol. The number of carbonyl (C=O) groups is 1. The number of nitrogens with zero attached hydrogens (tertiary/aromatic N) is 2. The molecule has 3 rings (SSSR count). The average Bonchev–Trinajstić information content (AvgIpc) is 2.61. The summed E-state index contributed by atoms with van der Waals surface area (Å²) < 4.78 is 50.1. The molecule has 0 aliphatic rings. The topological polar surface area (TPSA) is 89.0 Å². The molecule has 0 saturated carbocycles. The van der Waals surface area contributed by atoms with Crippen LogP contribution in [-0.2, 0) is 9.84 Å². The largest absolute Gasteiger partial charge is 0.322 e. The van der Waals surface area contributed by atoms with Gasteiger partial charge in [0.25, 0.3) is 5.91 Å². The van der Waals surface area contributed by atoms with Crippen LogP contribution in [0.25, 0.3) is 11.3 Å². The molecule has 0 aliphatic heterocycles. The minimum atomic E-state index is -3.44. The van der Waals surface area contributed by atoms with E-state index >= 15 is 0 Å². The lowest BCUT2D eigenvalue weighted by Gasteiger charge is -2.08. The van der Waals surface area contributed by atoms with Crippen LogP contribution in [-0.4, -0.2) is 30.8 Å². The second-order valence-corrected chi connectivity index (χ2v) is 7.62. The molecule has 1 heterocycles. The van der Waals surface area contributed by atoms with Gasteiger partial charge in [0.05, 0.1) is 5.69 Å². The second-order valence-electron chi connectivity index (χ2n) is 5.66. The maximum atomic E-state index is 13.6. The first-order valence-electron chi connectivity index (χ1n) is 7.65. The fraction of sp³-hybridized carbons (Fsp3) is 0.0556. The van der Waals surface area contributed by atoms with Crippen LogP contribution >= 0.6 is 0 Å². The zero-order valence-electron chi connectivity index (χ0n) is 14.0. The molecule has 1 N–H and O–H groups in total. The van der Waals surface area contributed by atoms with Gasteiger partial charge in [0.2, 0.25) is 0 Å². The molecule has 0 spiro atoms. The van der Waals surface area contributed by atoms with Gasteiger partial charge in [-0.05, 0) is 36.4 Å². The van der Waals surface area contributed by atoms with Crippen LogP contribution in [0.1, 0.15) is 10.4 Å². The van der Waals surface area contributed by atoms with E-state index in [1.807, 2.05) is 0 Å².